The van der Waals surface area contributed by atoms with Crippen LogP contribution in [0.25, 0.3) is 23.0 Å². The van der Waals surface area contributed by atoms with Gasteiger partial charge in [-0.2, -0.15) is 10.1 Å². The minimum absolute atomic E-state index is 0.409. The molecule has 7 nitrogen and oxygen atoms in total. The van der Waals surface area contributed by atoms with E-state index in [-0.39, 0.29) is 0 Å². The van der Waals surface area contributed by atoms with Crippen molar-refractivity contribution >= 4 is 17.3 Å². The molecule has 0 saturated carbocycles. The summed E-state index contributed by atoms with van der Waals surface area (Å²) >= 11 is 5.87. The molecule has 0 N–H and O–H groups in total. The number of anilines is 1. The minimum Gasteiger partial charge on any atom is -0.372 e. The van der Waals surface area contributed by atoms with Crippen LogP contribution in [0.4, 0.5) is 5.69 Å². The first kappa shape index (κ1) is 19.8. The highest BCUT2D eigenvalue weighted by Crippen LogP contribution is 2.26. The van der Waals surface area contributed by atoms with E-state index in [1.165, 1.54) is 24.9 Å². The van der Waals surface area contributed by atoms with Gasteiger partial charge in [0.25, 0.3) is 5.89 Å². The van der Waals surface area contributed by atoms with Gasteiger partial charge >= 0.3 is 0 Å². The number of halogens is 1. The van der Waals surface area contributed by atoms with Crippen LogP contribution in [-0.2, 0) is 6.54 Å². The monoisotopic (exact) mass is 434 g/mol. The average molecular weight is 435 g/mol. The number of hydrogen-bond donors (Lipinski definition) is 0. The average Bonchev–Trinajstić information content (AvgIpc) is 3.43. The van der Waals surface area contributed by atoms with Crippen molar-refractivity contribution in [2.75, 3.05) is 18.0 Å². The number of aromatic nitrogens is 5. The van der Waals surface area contributed by atoms with Crippen molar-refractivity contribution < 1.29 is 4.52 Å². The summed E-state index contributed by atoms with van der Waals surface area (Å²) < 4.78 is 7.40. The van der Waals surface area contributed by atoms with E-state index in [0.717, 1.165) is 29.9 Å². The Bertz CT molecular complexity index is 1160. The van der Waals surface area contributed by atoms with Crippen molar-refractivity contribution in [2.24, 2.45) is 0 Å². The number of pyridine rings is 1. The number of rotatable bonds is 5. The van der Waals surface area contributed by atoms with Gasteiger partial charge in [0.2, 0.25) is 5.82 Å². The lowest BCUT2D eigenvalue weighted by Gasteiger charge is -2.28. The molecular weight excluding hydrogens is 412 g/mol. The SMILES string of the molecule is Cc1cc(-c2nc(-c3ccc(N4CCCCC4)cc3)no2)nn1Cc1ccc(Cl)nc1. The van der Waals surface area contributed by atoms with Crippen LogP contribution in [-0.4, -0.2) is 38.0 Å². The van der Waals surface area contributed by atoms with E-state index < -0.39 is 0 Å². The molecule has 0 aliphatic carbocycles. The molecule has 1 saturated heterocycles. The maximum atomic E-state index is 5.87. The number of nitrogens with zero attached hydrogens (tertiary/aromatic N) is 6. The fraction of sp³-hybridized carbons (Fsp3) is 0.304. The van der Waals surface area contributed by atoms with E-state index in [1.807, 2.05) is 23.7 Å². The van der Waals surface area contributed by atoms with Crippen LogP contribution in [0.3, 0.4) is 0 Å². The molecule has 0 radical (unpaired) electrons. The van der Waals surface area contributed by atoms with Gasteiger partial charge in [-0.15, -0.1) is 0 Å². The normalized spacial score (nSPS) is 14.2. The summed E-state index contributed by atoms with van der Waals surface area (Å²) in [5.74, 6) is 0.973. The second kappa shape index (κ2) is 8.51. The van der Waals surface area contributed by atoms with E-state index in [4.69, 9.17) is 16.1 Å². The molecular formula is C23H23ClN6O. The maximum absolute atomic E-state index is 5.87. The van der Waals surface area contributed by atoms with Crippen molar-refractivity contribution in [3.8, 4) is 23.0 Å². The van der Waals surface area contributed by atoms with Gasteiger partial charge in [0.1, 0.15) is 5.15 Å². The Balaban J connectivity index is 1.33. The third-order valence-corrected chi connectivity index (χ3v) is 5.82. The molecule has 5 rings (SSSR count). The fourth-order valence-electron chi connectivity index (χ4n) is 3.87. The number of aryl methyl sites for hydroxylation is 1. The molecule has 0 spiro atoms. The molecule has 0 amide bonds. The van der Waals surface area contributed by atoms with Gasteiger partial charge in [-0.1, -0.05) is 22.8 Å². The van der Waals surface area contributed by atoms with Crippen LogP contribution < -0.4 is 4.90 Å². The second-order valence-corrected chi connectivity index (χ2v) is 8.22. The lowest BCUT2D eigenvalue weighted by atomic mass is 10.1. The molecule has 1 aliphatic heterocycles. The minimum atomic E-state index is 0.409. The molecule has 0 atom stereocenters. The molecule has 8 heteroatoms. The van der Waals surface area contributed by atoms with E-state index in [0.29, 0.717) is 29.1 Å². The molecule has 3 aromatic heterocycles. The molecule has 0 bridgehead atoms. The summed E-state index contributed by atoms with van der Waals surface area (Å²) in [5, 5.41) is 9.27. The van der Waals surface area contributed by atoms with Gasteiger partial charge < -0.3 is 9.42 Å². The van der Waals surface area contributed by atoms with Crippen LogP contribution in [0.1, 0.15) is 30.5 Å². The van der Waals surface area contributed by atoms with Crippen molar-refractivity contribution in [1.29, 1.82) is 0 Å². The van der Waals surface area contributed by atoms with Gasteiger partial charge in [-0.05, 0) is 68.1 Å². The van der Waals surface area contributed by atoms with Gasteiger partial charge in [0, 0.05) is 36.2 Å². The summed E-state index contributed by atoms with van der Waals surface area (Å²) in [6.45, 7) is 4.84. The van der Waals surface area contributed by atoms with Crippen LogP contribution in [0.5, 0.6) is 0 Å². The van der Waals surface area contributed by atoms with E-state index in [1.54, 1.807) is 12.3 Å². The van der Waals surface area contributed by atoms with E-state index >= 15 is 0 Å². The Morgan fingerprint density at radius 3 is 2.58 bits per heavy atom. The predicted octanol–water partition coefficient (Wildman–Crippen LogP) is 5.00. The Morgan fingerprint density at radius 2 is 1.84 bits per heavy atom. The van der Waals surface area contributed by atoms with Crippen molar-refractivity contribution in [3.63, 3.8) is 0 Å². The first-order valence-corrected chi connectivity index (χ1v) is 10.9. The molecule has 4 aromatic rings. The number of piperidine rings is 1. The lowest BCUT2D eigenvalue weighted by molar-refractivity contribution is 0.430. The molecule has 4 heterocycles. The summed E-state index contributed by atoms with van der Waals surface area (Å²) in [6, 6.07) is 14.0. The summed E-state index contributed by atoms with van der Waals surface area (Å²) in [4.78, 5) is 11.1. The maximum Gasteiger partial charge on any atom is 0.278 e. The third kappa shape index (κ3) is 4.32. The number of benzene rings is 1. The summed E-state index contributed by atoms with van der Waals surface area (Å²) in [6.07, 6.45) is 5.60. The molecule has 1 aromatic carbocycles. The largest absolute Gasteiger partial charge is 0.372 e. The molecule has 0 unspecified atom stereocenters. The fourth-order valence-corrected chi connectivity index (χ4v) is 3.98. The highest BCUT2D eigenvalue weighted by molar-refractivity contribution is 6.29. The van der Waals surface area contributed by atoms with Gasteiger partial charge in [-0.3, -0.25) is 4.68 Å². The lowest BCUT2D eigenvalue weighted by Crippen LogP contribution is -2.29. The molecule has 158 valence electrons. The van der Waals surface area contributed by atoms with Gasteiger partial charge in [0.05, 0.1) is 6.54 Å². The van der Waals surface area contributed by atoms with Crippen LogP contribution in [0.15, 0.2) is 53.2 Å². The Labute approximate surface area is 185 Å². The second-order valence-electron chi connectivity index (χ2n) is 7.84. The zero-order valence-corrected chi connectivity index (χ0v) is 18.1. The standard InChI is InChI=1S/C23H23ClN6O/c1-16-13-20(27-30(16)15-17-5-10-21(24)25-14-17)23-26-22(28-31-23)18-6-8-19(9-7-18)29-11-3-2-4-12-29/h5-10,13-14H,2-4,11-12,15H2,1H3. The van der Waals surface area contributed by atoms with Crippen LogP contribution in [0, 0.1) is 6.92 Å². The molecule has 31 heavy (non-hydrogen) atoms. The van der Waals surface area contributed by atoms with Crippen LogP contribution in [0.2, 0.25) is 5.15 Å². The van der Waals surface area contributed by atoms with Crippen LogP contribution >= 0.6 is 11.6 Å². The first-order valence-electron chi connectivity index (χ1n) is 10.5. The van der Waals surface area contributed by atoms with E-state index in [2.05, 4.69) is 49.4 Å². The Morgan fingerprint density at radius 1 is 1.03 bits per heavy atom. The van der Waals surface area contributed by atoms with Crippen molar-refractivity contribution in [2.45, 2.75) is 32.7 Å². The predicted molar refractivity (Wildman–Crippen MR) is 120 cm³/mol. The van der Waals surface area contributed by atoms with Gasteiger partial charge in [-0.25, -0.2) is 4.98 Å². The zero-order valence-electron chi connectivity index (χ0n) is 17.3. The smallest absolute Gasteiger partial charge is 0.278 e. The summed E-state index contributed by atoms with van der Waals surface area (Å²) in [5.41, 5.74) is 4.85. The Hall–Kier alpha value is -3.19. The van der Waals surface area contributed by atoms with E-state index in [9.17, 15) is 0 Å². The topological polar surface area (TPSA) is 72.9 Å². The van der Waals surface area contributed by atoms with Gasteiger partial charge in [0.15, 0.2) is 5.69 Å². The highest BCUT2D eigenvalue weighted by atomic mass is 35.5. The Kier molecular flexibility index (Phi) is 5.42. The molecule has 1 aliphatic rings. The number of hydrogen-bond acceptors (Lipinski definition) is 6. The first-order chi connectivity index (χ1) is 15.2. The van der Waals surface area contributed by atoms with Crippen molar-refractivity contribution in [3.05, 3.63) is 65.1 Å². The highest BCUT2D eigenvalue weighted by Gasteiger charge is 2.16. The molecule has 1 fully saturated rings. The third-order valence-electron chi connectivity index (χ3n) is 5.59. The zero-order chi connectivity index (χ0) is 21.2. The van der Waals surface area contributed by atoms with Crippen molar-refractivity contribution in [1.82, 2.24) is 24.9 Å². The summed E-state index contributed by atoms with van der Waals surface area (Å²) in [7, 11) is 0. The quantitative estimate of drug-likeness (QED) is 0.412.